The maximum Gasteiger partial charge on any atom is 0.313 e. The molecule has 0 spiro atoms. The van der Waals surface area contributed by atoms with Gasteiger partial charge in [-0.1, -0.05) is 23.3 Å². The molecule has 3 aromatic rings. The van der Waals surface area contributed by atoms with Crippen LogP contribution in [0.4, 0.5) is 17.1 Å². The minimum Gasteiger partial charge on any atom is -0.493 e. The lowest BCUT2D eigenvalue weighted by molar-refractivity contribution is -0.146. The molecule has 8 rings (SSSR count). The second-order valence-corrected chi connectivity index (χ2v) is 16.2. The number of fused-ring (bicyclic) bond motifs is 4. The van der Waals surface area contributed by atoms with E-state index in [-0.39, 0.29) is 43.1 Å². The Morgan fingerprint density at radius 3 is 2.10 bits per heavy atom. The molecule has 0 bridgehead atoms. The van der Waals surface area contributed by atoms with Crippen molar-refractivity contribution in [3.63, 3.8) is 0 Å². The topological polar surface area (TPSA) is 140 Å². The Bertz CT molecular complexity index is 2280. The Hall–Kier alpha value is -5.98. The van der Waals surface area contributed by atoms with E-state index < -0.39 is 11.0 Å². The van der Waals surface area contributed by atoms with Crippen molar-refractivity contribution in [1.29, 1.82) is 0 Å². The van der Waals surface area contributed by atoms with Crippen LogP contribution in [0, 0.1) is 5.41 Å². The van der Waals surface area contributed by atoms with Gasteiger partial charge in [-0.3, -0.25) is 19.4 Å². The van der Waals surface area contributed by atoms with Crippen molar-refractivity contribution in [1.82, 2.24) is 9.80 Å². The molecule has 4 aliphatic heterocycles. The molecule has 13 nitrogen and oxygen atoms in total. The SMILES string of the molecule is CC=C1CC2C=Nc3cc(OCc4cc(COc5cc6c(cc5OC)C(=O)N5CC(=CC)CC5CN6)cc(NC5(C)CC5(C)C(=O)OC)c4)c(OC)cc3C(=O)N2C1. The Morgan fingerprint density at radius 1 is 0.828 bits per heavy atom. The van der Waals surface area contributed by atoms with E-state index in [2.05, 4.69) is 22.8 Å². The van der Waals surface area contributed by atoms with Gasteiger partial charge in [0.25, 0.3) is 11.8 Å². The molecule has 1 saturated carbocycles. The number of carbonyl (C=O) groups excluding carboxylic acids is 3. The van der Waals surface area contributed by atoms with Gasteiger partial charge in [0.2, 0.25) is 0 Å². The summed E-state index contributed by atoms with van der Waals surface area (Å²) >= 11 is 0. The van der Waals surface area contributed by atoms with Crippen LogP contribution in [0.15, 0.2) is 70.8 Å². The van der Waals surface area contributed by atoms with Crippen LogP contribution >= 0.6 is 0 Å². The Kier molecular flexibility index (Phi) is 10.1. The van der Waals surface area contributed by atoms with Gasteiger partial charge in [-0.2, -0.15) is 0 Å². The number of allylic oxidation sites excluding steroid dienone is 2. The third-order valence-corrected chi connectivity index (χ3v) is 12.6. The van der Waals surface area contributed by atoms with Crippen molar-refractivity contribution < 1.29 is 38.1 Å². The molecule has 0 aromatic heterocycles. The number of hydrogen-bond donors (Lipinski definition) is 2. The zero-order valence-corrected chi connectivity index (χ0v) is 34.2. The molecule has 3 fully saturated rings. The van der Waals surface area contributed by atoms with Gasteiger partial charge >= 0.3 is 5.97 Å². The van der Waals surface area contributed by atoms with Gasteiger partial charge in [-0.15, -0.1) is 0 Å². The molecule has 4 unspecified atom stereocenters. The minimum absolute atomic E-state index is 0.0320. The monoisotopic (exact) mass is 789 g/mol. The zero-order valence-electron chi connectivity index (χ0n) is 34.2. The first-order valence-corrected chi connectivity index (χ1v) is 19.8. The molecule has 4 atom stereocenters. The first-order chi connectivity index (χ1) is 27.9. The number of carbonyl (C=O) groups is 3. The molecule has 5 aliphatic rings. The molecule has 0 radical (unpaired) electrons. The molecule has 58 heavy (non-hydrogen) atoms. The van der Waals surface area contributed by atoms with Crippen molar-refractivity contribution in [3.05, 3.63) is 88.0 Å². The van der Waals surface area contributed by atoms with E-state index in [4.69, 9.17) is 28.7 Å². The highest BCUT2D eigenvalue weighted by molar-refractivity contribution is 6.04. The van der Waals surface area contributed by atoms with E-state index in [9.17, 15) is 14.4 Å². The van der Waals surface area contributed by atoms with Crippen molar-refractivity contribution in [2.75, 3.05) is 51.6 Å². The molecule has 2 saturated heterocycles. The van der Waals surface area contributed by atoms with Crippen LogP contribution < -0.4 is 29.6 Å². The van der Waals surface area contributed by atoms with Gasteiger partial charge < -0.3 is 44.1 Å². The number of nitrogens with one attached hydrogen (secondary N) is 2. The number of benzene rings is 3. The van der Waals surface area contributed by atoms with Crippen molar-refractivity contribution in [2.24, 2.45) is 10.4 Å². The quantitative estimate of drug-likeness (QED) is 0.153. The lowest BCUT2D eigenvalue weighted by atomic mass is 10.0. The largest absolute Gasteiger partial charge is 0.493 e. The molecule has 1 aliphatic carbocycles. The minimum atomic E-state index is -0.690. The molecule has 4 heterocycles. The normalized spacial score (nSPS) is 25.6. The summed E-state index contributed by atoms with van der Waals surface area (Å²) in [5.74, 6) is 1.43. The van der Waals surface area contributed by atoms with Gasteiger partial charge in [0.1, 0.15) is 13.2 Å². The van der Waals surface area contributed by atoms with Crippen molar-refractivity contribution in [2.45, 2.75) is 77.8 Å². The highest BCUT2D eigenvalue weighted by Gasteiger charge is 2.67. The maximum atomic E-state index is 13.7. The van der Waals surface area contributed by atoms with Gasteiger partial charge in [0.05, 0.1) is 66.9 Å². The van der Waals surface area contributed by atoms with Crippen LogP contribution in [-0.4, -0.2) is 92.4 Å². The molecule has 13 heteroatoms. The summed E-state index contributed by atoms with van der Waals surface area (Å²) in [5.41, 5.74) is 5.92. The molecule has 2 amide bonds. The summed E-state index contributed by atoms with van der Waals surface area (Å²) in [6.07, 6.45) is 8.22. The number of amides is 2. The lowest BCUT2D eigenvalue weighted by Crippen LogP contribution is -2.36. The van der Waals surface area contributed by atoms with Crippen LogP contribution in [-0.2, 0) is 22.7 Å². The molecule has 304 valence electrons. The van der Waals surface area contributed by atoms with E-state index in [1.54, 1.807) is 32.4 Å². The molecule has 2 N–H and O–H groups in total. The Balaban J connectivity index is 1.06. The third kappa shape index (κ3) is 6.90. The zero-order chi connectivity index (χ0) is 40.9. The smallest absolute Gasteiger partial charge is 0.313 e. The number of ether oxygens (including phenoxy) is 5. The molecule has 3 aromatic carbocycles. The van der Waals surface area contributed by atoms with Crippen LogP contribution in [0.2, 0.25) is 0 Å². The number of nitrogens with zero attached hydrogens (tertiary/aromatic N) is 3. The first-order valence-electron chi connectivity index (χ1n) is 19.8. The van der Waals surface area contributed by atoms with Gasteiger partial charge in [-0.05, 0) is 88.4 Å². The number of esters is 1. The number of rotatable bonds is 11. The summed E-state index contributed by atoms with van der Waals surface area (Å²) in [5, 5.41) is 7.08. The van der Waals surface area contributed by atoms with E-state index >= 15 is 0 Å². The number of aliphatic imine (C=N–C) groups is 1. The second-order valence-electron chi connectivity index (χ2n) is 16.2. The number of hydrogen-bond acceptors (Lipinski definition) is 11. The van der Waals surface area contributed by atoms with E-state index in [1.807, 2.05) is 68.0 Å². The predicted octanol–water partition coefficient (Wildman–Crippen LogP) is 7.08. The van der Waals surface area contributed by atoms with E-state index in [0.29, 0.717) is 71.6 Å². The van der Waals surface area contributed by atoms with Crippen molar-refractivity contribution in [3.8, 4) is 23.0 Å². The summed E-state index contributed by atoms with van der Waals surface area (Å²) in [4.78, 5) is 48.6. The molecular weight excluding hydrogens is 739 g/mol. The van der Waals surface area contributed by atoms with Crippen LogP contribution in [0.1, 0.15) is 78.8 Å². The first kappa shape index (κ1) is 38.9. The Morgan fingerprint density at radius 2 is 1.45 bits per heavy atom. The Labute approximate surface area is 339 Å². The third-order valence-electron chi connectivity index (χ3n) is 12.6. The standard InChI is InChI=1S/C45H51N5O8/c1-8-26-13-31-19-46-35-17-39(37(54-5)15-33(35)41(51)49(31)21-26)57-23-28-10-29(12-30(11-28)48-45(4)25-44(45,3)43(53)56-7)24-58-40-18-36-34(16-38(40)55-6)42(52)50-22-27(9-2)14-32(50)20-47-36/h8-12,15-19,31-32,47-48H,13-14,20-25H2,1-7H3. The molecular formula is C45H51N5O8. The maximum absolute atomic E-state index is 13.7. The van der Waals surface area contributed by atoms with E-state index in [1.165, 1.54) is 18.3 Å². The average Bonchev–Trinajstić information content (AvgIpc) is 3.49. The second kappa shape index (κ2) is 15.1. The van der Waals surface area contributed by atoms with Crippen molar-refractivity contribution >= 4 is 41.1 Å². The van der Waals surface area contributed by atoms with Gasteiger partial charge in [0, 0.05) is 43.7 Å². The van der Waals surface area contributed by atoms with Gasteiger partial charge in [-0.25, -0.2) is 0 Å². The fourth-order valence-corrected chi connectivity index (χ4v) is 8.77. The van der Waals surface area contributed by atoms with Gasteiger partial charge in [0.15, 0.2) is 23.0 Å². The summed E-state index contributed by atoms with van der Waals surface area (Å²) in [6, 6.07) is 13.0. The fourth-order valence-electron chi connectivity index (χ4n) is 8.77. The highest BCUT2D eigenvalue weighted by atomic mass is 16.5. The van der Waals surface area contributed by atoms with Crippen LogP contribution in [0.25, 0.3) is 0 Å². The predicted molar refractivity (Wildman–Crippen MR) is 221 cm³/mol. The summed E-state index contributed by atoms with van der Waals surface area (Å²) in [7, 11) is 4.52. The average molecular weight is 790 g/mol. The van der Waals surface area contributed by atoms with Crippen LogP contribution in [0.5, 0.6) is 23.0 Å². The van der Waals surface area contributed by atoms with E-state index in [0.717, 1.165) is 29.7 Å². The highest BCUT2D eigenvalue weighted by Crippen LogP contribution is 2.58. The number of anilines is 2. The number of methoxy groups -OCH3 is 3. The summed E-state index contributed by atoms with van der Waals surface area (Å²) < 4.78 is 29.5. The lowest BCUT2D eigenvalue weighted by Gasteiger charge is -2.22. The fraction of sp³-hybridized carbons (Fsp3) is 0.422. The van der Waals surface area contributed by atoms with Crippen LogP contribution in [0.3, 0.4) is 0 Å². The summed E-state index contributed by atoms with van der Waals surface area (Å²) in [6.45, 7) is 10.1.